The van der Waals surface area contributed by atoms with Crippen LogP contribution in [-0.4, -0.2) is 17.2 Å². The number of rotatable bonds is 7. The second-order valence-corrected chi connectivity index (χ2v) is 8.23. The molecule has 0 aliphatic heterocycles. The Hall–Kier alpha value is -4.31. The molecule has 5 aromatic rings. The smallest absolute Gasteiger partial charge is 0.344 e. The summed E-state index contributed by atoms with van der Waals surface area (Å²) in [6, 6.07) is 34.1. The lowest BCUT2D eigenvalue weighted by molar-refractivity contribution is -0.144. The molecule has 34 heavy (non-hydrogen) atoms. The molecule has 0 amide bonds. The molecule has 0 spiro atoms. The summed E-state index contributed by atoms with van der Waals surface area (Å²) in [7, 11) is 0. The van der Waals surface area contributed by atoms with Gasteiger partial charge < -0.3 is 14.3 Å². The number of furan rings is 1. The van der Waals surface area contributed by atoms with Crippen molar-refractivity contribution in [2.45, 2.75) is 19.4 Å². The molecule has 0 fully saturated rings. The lowest BCUT2D eigenvalue weighted by atomic mass is 9.91. The summed E-state index contributed by atoms with van der Waals surface area (Å²) in [5.74, 6) is 0.348. The van der Waals surface area contributed by atoms with E-state index in [4.69, 9.17) is 9.15 Å². The van der Waals surface area contributed by atoms with Gasteiger partial charge in [-0.05, 0) is 47.4 Å². The summed E-state index contributed by atoms with van der Waals surface area (Å²) in [6.45, 7) is 1.53. The van der Waals surface area contributed by atoms with E-state index in [0.717, 1.165) is 44.5 Å². The molecule has 0 saturated heterocycles. The van der Waals surface area contributed by atoms with Crippen LogP contribution in [0.2, 0.25) is 0 Å². The first-order chi connectivity index (χ1) is 16.6. The fourth-order valence-corrected chi connectivity index (χ4v) is 4.22. The van der Waals surface area contributed by atoms with Crippen LogP contribution in [0.1, 0.15) is 18.2 Å². The summed E-state index contributed by atoms with van der Waals surface area (Å²) < 4.78 is 12.1. The van der Waals surface area contributed by atoms with Crippen LogP contribution in [0.5, 0.6) is 5.75 Å². The SMILES string of the molecule is CC(Oc1ccc(-c2ccccc2)c(-c2c(Cc3ccccc3)oc3ccccc23)c1)C(=O)O. The Balaban J connectivity index is 1.73. The van der Waals surface area contributed by atoms with E-state index in [1.54, 1.807) is 0 Å². The first-order valence-corrected chi connectivity index (χ1v) is 11.2. The maximum atomic E-state index is 11.4. The van der Waals surface area contributed by atoms with E-state index in [9.17, 15) is 9.90 Å². The van der Waals surface area contributed by atoms with E-state index in [-0.39, 0.29) is 0 Å². The largest absolute Gasteiger partial charge is 0.479 e. The van der Waals surface area contributed by atoms with Crippen molar-refractivity contribution in [3.8, 4) is 28.0 Å². The van der Waals surface area contributed by atoms with Crippen LogP contribution in [-0.2, 0) is 11.2 Å². The Morgan fingerprint density at radius 2 is 1.53 bits per heavy atom. The van der Waals surface area contributed by atoms with Gasteiger partial charge in [0.25, 0.3) is 0 Å². The number of carboxylic acids is 1. The predicted molar refractivity (Wildman–Crippen MR) is 134 cm³/mol. The highest BCUT2D eigenvalue weighted by atomic mass is 16.5. The molecule has 168 valence electrons. The maximum absolute atomic E-state index is 11.4. The van der Waals surface area contributed by atoms with Gasteiger partial charge in [0, 0.05) is 17.4 Å². The molecule has 1 unspecified atom stereocenters. The van der Waals surface area contributed by atoms with E-state index < -0.39 is 12.1 Å². The molecule has 4 heteroatoms. The summed E-state index contributed by atoms with van der Waals surface area (Å²) in [5, 5.41) is 10.3. The predicted octanol–water partition coefficient (Wildman–Crippen LogP) is 7.21. The van der Waals surface area contributed by atoms with E-state index in [1.165, 1.54) is 6.92 Å². The highest BCUT2D eigenvalue weighted by Crippen LogP contribution is 2.42. The molecule has 1 N–H and O–H groups in total. The van der Waals surface area contributed by atoms with Crippen molar-refractivity contribution in [2.24, 2.45) is 0 Å². The van der Waals surface area contributed by atoms with Crippen molar-refractivity contribution in [2.75, 3.05) is 0 Å². The topological polar surface area (TPSA) is 59.7 Å². The summed E-state index contributed by atoms with van der Waals surface area (Å²) in [6.07, 6.45) is -0.323. The highest BCUT2D eigenvalue weighted by molar-refractivity contribution is 6.00. The van der Waals surface area contributed by atoms with Crippen LogP contribution < -0.4 is 4.74 Å². The van der Waals surface area contributed by atoms with Gasteiger partial charge in [0.2, 0.25) is 0 Å². The van der Waals surface area contributed by atoms with Crippen molar-refractivity contribution < 1.29 is 19.1 Å². The zero-order chi connectivity index (χ0) is 23.5. The lowest BCUT2D eigenvalue weighted by Crippen LogP contribution is -2.22. The van der Waals surface area contributed by atoms with Gasteiger partial charge >= 0.3 is 5.97 Å². The van der Waals surface area contributed by atoms with Crippen LogP contribution >= 0.6 is 0 Å². The van der Waals surface area contributed by atoms with Gasteiger partial charge in [0.1, 0.15) is 17.1 Å². The third-order valence-corrected chi connectivity index (χ3v) is 5.88. The van der Waals surface area contributed by atoms with Crippen molar-refractivity contribution in [3.05, 3.63) is 114 Å². The van der Waals surface area contributed by atoms with Crippen LogP contribution in [0.25, 0.3) is 33.2 Å². The second-order valence-electron chi connectivity index (χ2n) is 8.23. The number of carboxylic acid groups (broad SMARTS) is 1. The summed E-state index contributed by atoms with van der Waals surface area (Å²) >= 11 is 0. The van der Waals surface area contributed by atoms with Crippen LogP contribution in [0.3, 0.4) is 0 Å². The molecule has 0 radical (unpaired) electrons. The minimum atomic E-state index is -1.01. The first-order valence-electron chi connectivity index (χ1n) is 11.2. The molecule has 0 aliphatic carbocycles. The highest BCUT2D eigenvalue weighted by Gasteiger charge is 2.21. The zero-order valence-corrected chi connectivity index (χ0v) is 18.8. The molecular weight excluding hydrogens is 424 g/mol. The van der Waals surface area contributed by atoms with Crippen molar-refractivity contribution in [1.82, 2.24) is 0 Å². The quantitative estimate of drug-likeness (QED) is 0.286. The minimum absolute atomic E-state index is 0.500. The lowest BCUT2D eigenvalue weighted by Gasteiger charge is -2.16. The number of hydrogen-bond donors (Lipinski definition) is 1. The molecule has 4 aromatic carbocycles. The fourth-order valence-electron chi connectivity index (χ4n) is 4.22. The third-order valence-electron chi connectivity index (χ3n) is 5.88. The van der Waals surface area contributed by atoms with Gasteiger partial charge in [-0.3, -0.25) is 0 Å². The Bertz CT molecular complexity index is 1440. The number of ether oxygens (including phenoxy) is 1. The average Bonchev–Trinajstić information content (AvgIpc) is 3.22. The average molecular weight is 449 g/mol. The van der Waals surface area contributed by atoms with Crippen LogP contribution in [0.4, 0.5) is 0 Å². The van der Waals surface area contributed by atoms with Gasteiger partial charge in [0.05, 0.1) is 0 Å². The summed E-state index contributed by atoms with van der Waals surface area (Å²) in [4.78, 5) is 11.4. The molecule has 0 aliphatic rings. The third kappa shape index (κ3) is 4.30. The van der Waals surface area contributed by atoms with E-state index in [2.05, 4.69) is 30.3 Å². The van der Waals surface area contributed by atoms with Crippen LogP contribution in [0.15, 0.2) is 108 Å². The Morgan fingerprint density at radius 1 is 0.853 bits per heavy atom. The van der Waals surface area contributed by atoms with E-state index >= 15 is 0 Å². The molecule has 1 atom stereocenters. The molecule has 1 heterocycles. The van der Waals surface area contributed by atoms with Gasteiger partial charge in [-0.25, -0.2) is 4.79 Å². The first kappa shape index (κ1) is 21.5. The Morgan fingerprint density at radius 3 is 2.26 bits per heavy atom. The second kappa shape index (κ2) is 9.28. The number of fused-ring (bicyclic) bond motifs is 1. The molecule has 0 saturated carbocycles. The molecule has 0 bridgehead atoms. The summed E-state index contributed by atoms with van der Waals surface area (Å²) in [5.41, 5.74) is 5.98. The fraction of sp³-hybridized carbons (Fsp3) is 0.100. The van der Waals surface area contributed by atoms with Crippen molar-refractivity contribution in [3.63, 3.8) is 0 Å². The molecule has 5 rings (SSSR count). The number of para-hydroxylation sites is 1. The monoisotopic (exact) mass is 448 g/mol. The van der Waals surface area contributed by atoms with Gasteiger partial charge in [0.15, 0.2) is 6.10 Å². The van der Waals surface area contributed by atoms with E-state index in [1.807, 2.05) is 72.8 Å². The zero-order valence-electron chi connectivity index (χ0n) is 18.8. The number of benzene rings is 4. The molecule has 4 nitrogen and oxygen atoms in total. The minimum Gasteiger partial charge on any atom is -0.479 e. The number of carbonyl (C=O) groups is 1. The van der Waals surface area contributed by atoms with Crippen LogP contribution in [0, 0.1) is 0 Å². The molecule has 1 aromatic heterocycles. The van der Waals surface area contributed by atoms with Gasteiger partial charge in [-0.2, -0.15) is 0 Å². The van der Waals surface area contributed by atoms with Gasteiger partial charge in [-0.1, -0.05) is 84.9 Å². The number of hydrogen-bond acceptors (Lipinski definition) is 3. The maximum Gasteiger partial charge on any atom is 0.344 e. The molecular formula is C30H24O4. The number of aliphatic carboxylic acids is 1. The van der Waals surface area contributed by atoms with Crippen molar-refractivity contribution >= 4 is 16.9 Å². The Labute approximate surface area is 198 Å². The van der Waals surface area contributed by atoms with Crippen molar-refractivity contribution in [1.29, 1.82) is 0 Å². The van der Waals surface area contributed by atoms with Gasteiger partial charge in [-0.15, -0.1) is 0 Å². The Kier molecular flexibility index (Phi) is 5.88. The normalized spacial score (nSPS) is 11.9. The standard InChI is InChI=1S/C30H24O4/c1-20(30(31)32)33-23-16-17-24(22-12-6-3-7-13-22)26(19-23)29-25-14-8-9-15-27(25)34-28(29)18-21-10-4-2-5-11-21/h2-17,19-20H,18H2,1H3,(H,31,32). The van der Waals surface area contributed by atoms with E-state index in [0.29, 0.717) is 12.2 Å².